The summed E-state index contributed by atoms with van der Waals surface area (Å²) in [5, 5.41) is 8.58. The molecule has 1 atom stereocenters. The second-order valence-electron chi connectivity index (χ2n) is 4.35. The highest BCUT2D eigenvalue weighted by Crippen LogP contribution is 2.15. The van der Waals surface area contributed by atoms with Gasteiger partial charge in [-0.05, 0) is 36.6 Å². The number of aliphatic carboxylic acids is 1. The number of halogens is 1. The molecule has 1 aromatic carbocycles. The minimum absolute atomic E-state index is 0.0555. The molecule has 0 saturated carbocycles. The molecule has 0 saturated heterocycles. The number of hydrogen-bond donors (Lipinski definition) is 1. The number of carboxylic acids is 1. The molecular formula is C13H15FO3. The van der Waals surface area contributed by atoms with E-state index in [0.717, 1.165) is 0 Å². The molecule has 0 aliphatic rings. The van der Waals surface area contributed by atoms with Gasteiger partial charge >= 0.3 is 5.97 Å². The first-order valence-corrected chi connectivity index (χ1v) is 5.40. The largest absolute Gasteiger partial charge is 0.481 e. The maximum absolute atomic E-state index is 13.1. The summed E-state index contributed by atoms with van der Waals surface area (Å²) in [5.41, 5.74) is 0.985. The van der Waals surface area contributed by atoms with E-state index in [9.17, 15) is 14.0 Å². The first-order valence-electron chi connectivity index (χ1n) is 5.40. The molecule has 0 radical (unpaired) electrons. The van der Waals surface area contributed by atoms with Gasteiger partial charge in [-0.15, -0.1) is 0 Å². The van der Waals surface area contributed by atoms with E-state index in [1.165, 1.54) is 12.1 Å². The summed E-state index contributed by atoms with van der Waals surface area (Å²) in [6.45, 7) is 3.40. The predicted molar refractivity (Wildman–Crippen MR) is 61.5 cm³/mol. The van der Waals surface area contributed by atoms with Crippen LogP contribution >= 0.6 is 0 Å². The number of carboxylic acid groups (broad SMARTS) is 1. The molecule has 0 amide bonds. The van der Waals surface area contributed by atoms with Crippen LogP contribution in [-0.4, -0.2) is 16.9 Å². The molecule has 1 N–H and O–H groups in total. The third kappa shape index (κ3) is 4.34. The van der Waals surface area contributed by atoms with Crippen molar-refractivity contribution in [1.29, 1.82) is 0 Å². The lowest BCUT2D eigenvalue weighted by Crippen LogP contribution is -2.10. The minimum Gasteiger partial charge on any atom is -0.481 e. The van der Waals surface area contributed by atoms with Crippen LogP contribution in [0.3, 0.4) is 0 Å². The quantitative estimate of drug-likeness (QED) is 0.802. The summed E-state index contributed by atoms with van der Waals surface area (Å²) in [7, 11) is 0. The highest BCUT2D eigenvalue weighted by atomic mass is 19.1. The van der Waals surface area contributed by atoms with Gasteiger partial charge in [0, 0.05) is 18.4 Å². The van der Waals surface area contributed by atoms with Crippen molar-refractivity contribution in [2.75, 3.05) is 0 Å². The highest BCUT2D eigenvalue weighted by molar-refractivity contribution is 5.96. The van der Waals surface area contributed by atoms with Gasteiger partial charge in [0.25, 0.3) is 0 Å². The van der Waals surface area contributed by atoms with E-state index in [0.29, 0.717) is 11.1 Å². The maximum Gasteiger partial charge on any atom is 0.303 e. The van der Waals surface area contributed by atoms with Gasteiger partial charge in [-0.3, -0.25) is 9.59 Å². The van der Waals surface area contributed by atoms with Gasteiger partial charge in [-0.25, -0.2) is 4.39 Å². The van der Waals surface area contributed by atoms with Gasteiger partial charge in [0.2, 0.25) is 0 Å². The zero-order valence-electron chi connectivity index (χ0n) is 9.87. The summed E-state index contributed by atoms with van der Waals surface area (Å²) in [6.07, 6.45) is 0.0647. The van der Waals surface area contributed by atoms with E-state index in [1.54, 1.807) is 19.9 Å². The SMILES string of the molecule is Cc1cc(F)cc(C(=O)CC(C)CC(=O)O)c1. The Morgan fingerprint density at radius 3 is 2.47 bits per heavy atom. The summed E-state index contributed by atoms with van der Waals surface area (Å²) >= 11 is 0. The zero-order valence-corrected chi connectivity index (χ0v) is 9.87. The minimum atomic E-state index is -0.930. The first-order chi connectivity index (χ1) is 7.88. The summed E-state index contributed by atoms with van der Waals surface area (Å²) in [5.74, 6) is -1.84. The Hall–Kier alpha value is -1.71. The molecular weight excluding hydrogens is 223 g/mol. The second kappa shape index (κ2) is 5.57. The Morgan fingerprint density at radius 2 is 1.94 bits per heavy atom. The van der Waals surface area contributed by atoms with E-state index in [2.05, 4.69) is 0 Å². The number of carbonyl (C=O) groups is 2. The van der Waals surface area contributed by atoms with Crippen LogP contribution in [0.5, 0.6) is 0 Å². The molecule has 17 heavy (non-hydrogen) atoms. The average molecular weight is 238 g/mol. The van der Waals surface area contributed by atoms with Gasteiger partial charge in [-0.1, -0.05) is 6.92 Å². The molecule has 0 heterocycles. The number of rotatable bonds is 5. The Labute approximate surface area is 99.3 Å². The number of ketones is 1. The van der Waals surface area contributed by atoms with Crippen molar-refractivity contribution in [3.63, 3.8) is 0 Å². The van der Waals surface area contributed by atoms with Crippen LogP contribution in [0.4, 0.5) is 4.39 Å². The topological polar surface area (TPSA) is 54.4 Å². The van der Waals surface area contributed by atoms with Gasteiger partial charge in [0.05, 0.1) is 0 Å². The summed E-state index contributed by atoms with van der Waals surface area (Å²) < 4.78 is 13.1. The number of Topliss-reactive ketones (excluding diaryl/α,β-unsaturated/α-hetero) is 1. The Kier molecular flexibility index (Phi) is 4.37. The van der Waals surface area contributed by atoms with Crippen molar-refractivity contribution in [2.45, 2.75) is 26.7 Å². The van der Waals surface area contributed by atoms with E-state index in [-0.39, 0.29) is 24.5 Å². The fourth-order valence-corrected chi connectivity index (χ4v) is 1.70. The maximum atomic E-state index is 13.1. The van der Waals surface area contributed by atoms with Gasteiger partial charge < -0.3 is 5.11 Å². The Morgan fingerprint density at radius 1 is 1.29 bits per heavy atom. The molecule has 3 nitrogen and oxygen atoms in total. The van der Waals surface area contributed by atoms with Crippen LogP contribution < -0.4 is 0 Å². The molecule has 1 rings (SSSR count). The number of aryl methyl sites for hydroxylation is 1. The average Bonchev–Trinajstić information content (AvgIpc) is 2.14. The monoisotopic (exact) mass is 238 g/mol. The predicted octanol–water partition coefficient (Wildman–Crippen LogP) is 2.82. The molecule has 0 aromatic heterocycles. The van der Waals surface area contributed by atoms with Crippen molar-refractivity contribution in [2.24, 2.45) is 5.92 Å². The van der Waals surface area contributed by atoms with E-state index in [1.807, 2.05) is 0 Å². The number of benzene rings is 1. The normalized spacial score (nSPS) is 12.2. The molecule has 1 aromatic rings. The van der Waals surface area contributed by atoms with Crippen LogP contribution in [0.25, 0.3) is 0 Å². The molecule has 0 fully saturated rings. The van der Waals surface area contributed by atoms with Gasteiger partial charge in [0.1, 0.15) is 5.82 Å². The van der Waals surface area contributed by atoms with Crippen molar-refractivity contribution >= 4 is 11.8 Å². The molecule has 4 heteroatoms. The first kappa shape index (κ1) is 13.4. The zero-order chi connectivity index (χ0) is 13.0. The number of carbonyl (C=O) groups excluding carboxylic acids is 1. The lowest BCUT2D eigenvalue weighted by Gasteiger charge is -2.08. The Bertz CT molecular complexity index is 420. The van der Waals surface area contributed by atoms with Crippen molar-refractivity contribution in [3.05, 3.63) is 35.1 Å². The van der Waals surface area contributed by atoms with Crippen LogP contribution in [0.15, 0.2) is 18.2 Å². The summed E-state index contributed by atoms with van der Waals surface area (Å²) in [4.78, 5) is 22.2. The highest BCUT2D eigenvalue weighted by Gasteiger charge is 2.14. The smallest absolute Gasteiger partial charge is 0.303 e. The Balaban J connectivity index is 2.72. The van der Waals surface area contributed by atoms with E-state index in [4.69, 9.17) is 5.11 Å². The molecule has 0 aliphatic heterocycles. The van der Waals surface area contributed by atoms with Crippen LogP contribution in [0, 0.1) is 18.7 Å². The fourth-order valence-electron chi connectivity index (χ4n) is 1.70. The van der Waals surface area contributed by atoms with Crippen molar-refractivity contribution in [1.82, 2.24) is 0 Å². The van der Waals surface area contributed by atoms with Crippen LogP contribution in [-0.2, 0) is 4.79 Å². The van der Waals surface area contributed by atoms with Crippen LogP contribution in [0.1, 0.15) is 35.7 Å². The lowest BCUT2D eigenvalue weighted by atomic mass is 9.96. The molecule has 0 bridgehead atoms. The third-order valence-corrected chi connectivity index (χ3v) is 2.42. The van der Waals surface area contributed by atoms with Crippen molar-refractivity contribution in [3.8, 4) is 0 Å². The molecule has 1 unspecified atom stereocenters. The third-order valence-electron chi connectivity index (χ3n) is 2.42. The molecule has 0 spiro atoms. The second-order valence-corrected chi connectivity index (χ2v) is 4.35. The van der Waals surface area contributed by atoms with Crippen molar-refractivity contribution < 1.29 is 19.1 Å². The summed E-state index contributed by atoms with van der Waals surface area (Å²) in [6, 6.07) is 4.14. The number of hydrogen-bond acceptors (Lipinski definition) is 2. The molecule has 0 aliphatic carbocycles. The molecule has 92 valence electrons. The van der Waals surface area contributed by atoms with Gasteiger partial charge in [-0.2, -0.15) is 0 Å². The van der Waals surface area contributed by atoms with Crippen LogP contribution in [0.2, 0.25) is 0 Å². The van der Waals surface area contributed by atoms with E-state index >= 15 is 0 Å². The lowest BCUT2D eigenvalue weighted by molar-refractivity contribution is -0.137. The fraction of sp³-hybridized carbons (Fsp3) is 0.385. The van der Waals surface area contributed by atoms with E-state index < -0.39 is 11.8 Å². The van der Waals surface area contributed by atoms with Gasteiger partial charge in [0.15, 0.2) is 5.78 Å². The standard InChI is InChI=1S/C13H15FO3/c1-8-3-10(7-11(14)4-8)12(15)5-9(2)6-13(16)17/h3-4,7,9H,5-6H2,1-2H3,(H,16,17).